The van der Waals surface area contributed by atoms with Gasteiger partial charge in [0.2, 0.25) is 0 Å². The van der Waals surface area contributed by atoms with Crippen LogP contribution in [0.1, 0.15) is 11.5 Å². The van der Waals surface area contributed by atoms with Crippen LogP contribution in [0.2, 0.25) is 0 Å². The van der Waals surface area contributed by atoms with Crippen molar-refractivity contribution in [2.45, 2.75) is 13.5 Å². The minimum atomic E-state index is -0.432. The van der Waals surface area contributed by atoms with Gasteiger partial charge in [-0.15, -0.1) is 0 Å². The van der Waals surface area contributed by atoms with Crippen LogP contribution in [-0.2, 0) is 6.61 Å². The molecule has 0 amide bonds. The summed E-state index contributed by atoms with van der Waals surface area (Å²) >= 11 is 0. The minimum absolute atomic E-state index is 0.215. The van der Waals surface area contributed by atoms with Crippen molar-refractivity contribution in [2.24, 2.45) is 0 Å². The van der Waals surface area contributed by atoms with Gasteiger partial charge in [-0.3, -0.25) is 0 Å². The Morgan fingerprint density at radius 2 is 2.15 bits per heavy atom. The molecule has 0 spiro atoms. The number of furan rings is 1. The molecular weight excluding hydrogens is 172 g/mol. The van der Waals surface area contributed by atoms with E-state index >= 15 is 0 Å². The van der Waals surface area contributed by atoms with E-state index in [0.29, 0.717) is 22.5 Å². The molecule has 2 heterocycles. The SMILES string of the molecule is Cc1cc2oc(CO)cc2c(=O)o1. The second-order valence-corrected chi connectivity index (χ2v) is 2.79. The third-order valence-electron chi connectivity index (χ3n) is 1.78. The summed E-state index contributed by atoms with van der Waals surface area (Å²) in [6, 6.07) is 3.11. The lowest BCUT2D eigenvalue weighted by Gasteiger charge is -1.89. The van der Waals surface area contributed by atoms with Gasteiger partial charge in [-0.05, 0) is 13.0 Å². The Labute approximate surface area is 73.4 Å². The van der Waals surface area contributed by atoms with Gasteiger partial charge in [0.05, 0.1) is 0 Å². The highest BCUT2D eigenvalue weighted by Crippen LogP contribution is 2.16. The smallest absolute Gasteiger partial charge is 0.347 e. The van der Waals surface area contributed by atoms with Crippen molar-refractivity contribution in [1.82, 2.24) is 0 Å². The largest absolute Gasteiger partial charge is 0.458 e. The Kier molecular flexibility index (Phi) is 1.70. The van der Waals surface area contributed by atoms with E-state index in [4.69, 9.17) is 13.9 Å². The third kappa shape index (κ3) is 1.25. The van der Waals surface area contributed by atoms with Gasteiger partial charge in [0.15, 0.2) is 0 Å². The average molecular weight is 180 g/mol. The molecule has 0 unspecified atom stereocenters. The van der Waals surface area contributed by atoms with Crippen LogP contribution < -0.4 is 5.63 Å². The highest BCUT2D eigenvalue weighted by molar-refractivity contribution is 5.76. The van der Waals surface area contributed by atoms with Crippen molar-refractivity contribution in [2.75, 3.05) is 0 Å². The fourth-order valence-electron chi connectivity index (χ4n) is 1.22. The van der Waals surface area contributed by atoms with Gasteiger partial charge in [0.25, 0.3) is 0 Å². The molecular formula is C9H8O4. The molecule has 68 valence electrons. The van der Waals surface area contributed by atoms with Crippen LogP contribution in [0.5, 0.6) is 0 Å². The first-order valence-electron chi connectivity index (χ1n) is 3.85. The zero-order chi connectivity index (χ0) is 9.42. The van der Waals surface area contributed by atoms with E-state index in [0.717, 1.165) is 0 Å². The normalized spacial score (nSPS) is 10.9. The van der Waals surface area contributed by atoms with E-state index in [-0.39, 0.29) is 6.61 Å². The predicted octanol–water partition coefficient (Wildman–Crippen LogP) is 1.19. The Balaban J connectivity index is 2.83. The second-order valence-electron chi connectivity index (χ2n) is 2.79. The highest BCUT2D eigenvalue weighted by Gasteiger charge is 2.07. The molecule has 4 nitrogen and oxygen atoms in total. The van der Waals surface area contributed by atoms with Gasteiger partial charge in [0.1, 0.15) is 29.1 Å². The molecule has 2 aromatic rings. The molecule has 0 fully saturated rings. The third-order valence-corrected chi connectivity index (χ3v) is 1.78. The summed E-state index contributed by atoms with van der Waals surface area (Å²) < 4.78 is 10.0. The molecule has 4 heteroatoms. The molecule has 1 N–H and O–H groups in total. The number of hydrogen-bond donors (Lipinski definition) is 1. The molecule has 2 rings (SSSR count). The number of aryl methyl sites for hydroxylation is 1. The van der Waals surface area contributed by atoms with Gasteiger partial charge in [-0.2, -0.15) is 0 Å². The Hall–Kier alpha value is -1.55. The first-order chi connectivity index (χ1) is 6.20. The van der Waals surface area contributed by atoms with Gasteiger partial charge >= 0.3 is 5.63 Å². The zero-order valence-electron chi connectivity index (χ0n) is 7.03. The molecule has 0 saturated heterocycles. The highest BCUT2D eigenvalue weighted by atomic mass is 16.4. The summed E-state index contributed by atoms with van der Waals surface area (Å²) in [5, 5.41) is 9.14. The molecule has 0 atom stereocenters. The molecule has 0 aliphatic heterocycles. The van der Waals surface area contributed by atoms with Crippen molar-refractivity contribution >= 4 is 11.0 Å². The number of hydrogen-bond acceptors (Lipinski definition) is 4. The molecule has 2 aromatic heterocycles. The van der Waals surface area contributed by atoms with Crippen molar-refractivity contribution in [3.05, 3.63) is 34.1 Å². The van der Waals surface area contributed by atoms with Crippen LogP contribution in [0.25, 0.3) is 11.0 Å². The fourth-order valence-corrected chi connectivity index (χ4v) is 1.22. The number of fused-ring (bicyclic) bond motifs is 1. The summed E-state index contributed by atoms with van der Waals surface area (Å²) in [6.45, 7) is 1.45. The monoisotopic (exact) mass is 180 g/mol. The average Bonchev–Trinajstić information content (AvgIpc) is 2.47. The molecule has 0 aliphatic carbocycles. The van der Waals surface area contributed by atoms with Crippen LogP contribution in [0.3, 0.4) is 0 Å². The Morgan fingerprint density at radius 1 is 1.38 bits per heavy atom. The molecule has 0 aromatic carbocycles. The first-order valence-corrected chi connectivity index (χ1v) is 3.85. The zero-order valence-corrected chi connectivity index (χ0v) is 7.03. The lowest BCUT2D eigenvalue weighted by molar-refractivity contribution is 0.251. The number of aliphatic hydroxyl groups is 1. The van der Waals surface area contributed by atoms with Crippen LogP contribution >= 0.6 is 0 Å². The van der Waals surface area contributed by atoms with Crippen molar-refractivity contribution < 1.29 is 13.9 Å². The lowest BCUT2D eigenvalue weighted by Crippen LogP contribution is -1.97. The van der Waals surface area contributed by atoms with E-state index in [9.17, 15) is 4.79 Å². The Bertz CT molecular complexity index is 492. The molecule has 0 radical (unpaired) electrons. The molecule has 13 heavy (non-hydrogen) atoms. The van der Waals surface area contributed by atoms with Crippen LogP contribution in [-0.4, -0.2) is 5.11 Å². The van der Waals surface area contributed by atoms with Crippen molar-refractivity contribution in [1.29, 1.82) is 0 Å². The van der Waals surface area contributed by atoms with E-state index in [1.165, 1.54) is 6.07 Å². The first kappa shape index (κ1) is 8.07. The van der Waals surface area contributed by atoms with E-state index in [1.807, 2.05) is 0 Å². The lowest BCUT2D eigenvalue weighted by atomic mass is 10.3. The predicted molar refractivity (Wildman–Crippen MR) is 45.4 cm³/mol. The topological polar surface area (TPSA) is 63.6 Å². The van der Waals surface area contributed by atoms with Crippen LogP contribution in [0, 0.1) is 6.92 Å². The minimum Gasteiger partial charge on any atom is -0.458 e. The van der Waals surface area contributed by atoms with Crippen LogP contribution in [0.4, 0.5) is 0 Å². The van der Waals surface area contributed by atoms with E-state index < -0.39 is 5.63 Å². The summed E-state index contributed by atoms with van der Waals surface area (Å²) in [4.78, 5) is 11.2. The summed E-state index contributed by atoms with van der Waals surface area (Å²) in [5.41, 5.74) is 0.0243. The van der Waals surface area contributed by atoms with Crippen molar-refractivity contribution in [3.8, 4) is 0 Å². The number of rotatable bonds is 1. The standard InChI is InChI=1S/C9H8O4/c1-5-2-8-7(9(11)12-5)3-6(4-10)13-8/h2-3,10H,4H2,1H3. The van der Waals surface area contributed by atoms with Gasteiger partial charge in [-0.25, -0.2) is 4.79 Å². The molecule has 0 aliphatic rings. The maximum Gasteiger partial charge on any atom is 0.347 e. The number of aliphatic hydroxyl groups excluding tert-OH is 1. The van der Waals surface area contributed by atoms with Gasteiger partial charge < -0.3 is 13.9 Å². The second kappa shape index (κ2) is 2.74. The Morgan fingerprint density at radius 3 is 2.85 bits per heavy atom. The summed E-state index contributed by atoms with van der Waals surface area (Å²) in [7, 11) is 0. The maximum atomic E-state index is 11.2. The van der Waals surface area contributed by atoms with Gasteiger partial charge in [-0.1, -0.05) is 0 Å². The van der Waals surface area contributed by atoms with Crippen molar-refractivity contribution in [3.63, 3.8) is 0 Å². The fraction of sp³-hybridized carbons (Fsp3) is 0.222. The van der Waals surface area contributed by atoms with Crippen LogP contribution in [0.15, 0.2) is 25.8 Å². The molecule has 0 bridgehead atoms. The molecule has 0 saturated carbocycles. The van der Waals surface area contributed by atoms with Gasteiger partial charge in [0, 0.05) is 6.07 Å². The maximum absolute atomic E-state index is 11.2. The van der Waals surface area contributed by atoms with E-state index in [2.05, 4.69) is 0 Å². The summed E-state index contributed by atoms with van der Waals surface area (Å²) in [6.07, 6.45) is 0. The summed E-state index contributed by atoms with van der Waals surface area (Å²) in [5.74, 6) is 0.865. The van der Waals surface area contributed by atoms with E-state index in [1.54, 1.807) is 13.0 Å². The quantitative estimate of drug-likeness (QED) is 0.715.